The summed E-state index contributed by atoms with van der Waals surface area (Å²) >= 11 is 0. The minimum Gasteiger partial charge on any atom is -0.349 e. The van der Waals surface area contributed by atoms with Crippen LogP contribution in [-0.2, 0) is 13.0 Å². The van der Waals surface area contributed by atoms with Crippen molar-refractivity contribution in [3.05, 3.63) is 34.9 Å². The average Bonchev–Trinajstić information content (AvgIpc) is 2.49. The zero-order chi connectivity index (χ0) is 13.9. The van der Waals surface area contributed by atoms with E-state index in [1.54, 1.807) is 0 Å². The van der Waals surface area contributed by atoms with Gasteiger partial charge in [0.2, 0.25) is 0 Å². The fourth-order valence-electron chi connectivity index (χ4n) is 3.52. The Hall–Kier alpha value is -1.35. The summed E-state index contributed by atoms with van der Waals surface area (Å²) in [4.78, 5) is 12.6. The van der Waals surface area contributed by atoms with Crippen LogP contribution in [0.25, 0.3) is 0 Å². The van der Waals surface area contributed by atoms with Crippen LogP contribution in [0.15, 0.2) is 18.2 Å². The van der Waals surface area contributed by atoms with E-state index in [0.717, 1.165) is 31.5 Å². The number of hydrogen-bond acceptors (Lipinski definition) is 2. The second kappa shape index (κ2) is 5.96. The molecule has 3 heteroatoms. The third kappa shape index (κ3) is 2.73. The van der Waals surface area contributed by atoms with Crippen LogP contribution in [0.3, 0.4) is 0 Å². The molecular weight excluding hydrogens is 248 g/mol. The quantitative estimate of drug-likeness (QED) is 0.869. The van der Waals surface area contributed by atoms with Crippen molar-refractivity contribution in [3.63, 3.8) is 0 Å². The molecule has 3 rings (SSSR count). The molecule has 2 unspecified atom stereocenters. The minimum absolute atomic E-state index is 0.127. The van der Waals surface area contributed by atoms with E-state index in [0.29, 0.717) is 12.0 Å². The molecule has 108 valence electrons. The van der Waals surface area contributed by atoms with Gasteiger partial charge < -0.3 is 10.6 Å². The number of nitrogens with one attached hydrogen (secondary N) is 2. The zero-order valence-electron chi connectivity index (χ0n) is 12.2. The number of fused-ring (bicyclic) bond motifs is 1. The molecule has 3 nitrogen and oxygen atoms in total. The summed E-state index contributed by atoms with van der Waals surface area (Å²) in [5, 5.41) is 6.64. The Labute approximate surface area is 121 Å². The molecule has 1 heterocycles. The Morgan fingerprint density at radius 1 is 1.30 bits per heavy atom. The van der Waals surface area contributed by atoms with E-state index in [-0.39, 0.29) is 5.91 Å². The number of benzene rings is 1. The van der Waals surface area contributed by atoms with Gasteiger partial charge in [0.05, 0.1) is 0 Å². The molecule has 1 fully saturated rings. The number of carbonyl (C=O) groups is 1. The molecule has 0 bridgehead atoms. The highest BCUT2D eigenvalue weighted by Gasteiger charge is 2.25. The van der Waals surface area contributed by atoms with Crippen molar-refractivity contribution in [2.24, 2.45) is 5.92 Å². The van der Waals surface area contributed by atoms with Crippen molar-refractivity contribution >= 4 is 5.91 Å². The number of carbonyl (C=O) groups excluding carboxylic acids is 1. The maximum atomic E-state index is 12.6. The maximum Gasteiger partial charge on any atom is 0.251 e. The molecule has 0 spiro atoms. The normalized spacial score (nSPS) is 25.9. The van der Waals surface area contributed by atoms with Gasteiger partial charge in [-0.15, -0.1) is 0 Å². The molecule has 0 radical (unpaired) electrons. The Bertz CT molecular complexity index is 498. The standard InChI is InChI=1S/C17H24N2O/c1-12-5-2-3-8-16(12)19-17(20)15-7-4-6-13-11-18-10-9-14(13)15/h4,6-7,12,16,18H,2-3,5,8-11H2,1H3,(H,19,20). The van der Waals surface area contributed by atoms with Crippen LogP contribution >= 0.6 is 0 Å². The molecule has 1 aromatic carbocycles. The topological polar surface area (TPSA) is 41.1 Å². The molecule has 0 aromatic heterocycles. The highest BCUT2D eigenvalue weighted by Crippen LogP contribution is 2.25. The highest BCUT2D eigenvalue weighted by atomic mass is 16.1. The molecule has 2 aliphatic rings. The number of rotatable bonds is 2. The van der Waals surface area contributed by atoms with E-state index in [4.69, 9.17) is 0 Å². The summed E-state index contributed by atoms with van der Waals surface area (Å²) in [5.74, 6) is 0.733. The SMILES string of the molecule is CC1CCCCC1NC(=O)c1cccc2c1CCNC2. The van der Waals surface area contributed by atoms with Gasteiger partial charge in [-0.1, -0.05) is 31.9 Å². The summed E-state index contributed by atoms with van der Waals surface area (Å²) in [6.07, 6.45) is 5.87. The third-order valence-electron chi connectivity index (χ3n) is 4.81. The molecule has 1 aliphatic carbocycles. The van der Waals surface area contributed by atoms with Crippen molar-refractivity contribution in [1.29, 1.82) is 0 Å². The number of amides is 1. The predicted molar refractivity (Wildman–Crippen MR) is 80.7 cm³/mol. The summed E-state index contributed by atoms with van der Waals surface area (Å²) in [6, 6.07) is 6.47. The molecule has 2 atom stereocenters. The van der Waals surface area contributed by atoms with Crippen molar-refractivity contribution in [2.75, 3.05) is 6.54 Å². The molecule has 1 amide bonds. The van der Waals surface area contributed by atoms with Crippen molar-refractivity contribution in [3.8, 4) is 0 Å². The second-order valence-corrected chi connectivity index (χ2v) is 6.21. The average molecular weight is 272 g/mol. The monoisotopic (exact) mass is 272 g/mol. The second-order valence-electron chi connectivity index (χ2n) is 6.21. The lowest BCUT2D eigenvalue weighted by Crippen LogP contribution is -2.41. The van der Waals surface area contributed by atoms with Gasteiger partial charge in [0.15, 0.2) is 0 Å². The molecular formula is C17H24N2O. The van der Waals surface area contributed by atoms with Gasteiger partial charge in [-0.3, -0.25) is 4.79 Å². The fourth-order valence-corrected chi connectivity index (χ4v) is 3.52. The van der Waals surface area contributed by atoms with Crippen molar-refractivity contribution in [2.45, 2.75) is 51.6 Å². The first kappa shape index (κ1) is 13.6. The Morgan fingerprint density at radius 3 is 3.00 bits per heavy atom. The Kier molecular flexibility index (Phi) is 4.06. The van der Waals surface area contributed by atoms with Gasteiger partial charge >= 0.3 is 0 Å². The highest BCUT2D eigenvalue weighted by molar-refractivity contribution is 5.96. The Morgan fingerprint density at radius 2 is 2.15 bits per heavy atom. The van der Waals surface area contributed by atoms with Gasteiger partial charge in [-0.25, -0.2) is 0 Å². The van der Waals surface area contributed by atoms with Crippen LogP contribution < -0.4 is 10.6 Å². The maximum absolute atomic E-state index is 12.6. The first-order valence-corrected chi connectivity index (χ1v) is 7.88. The van der Waals surface area contributed by atoms with Gasteiger partial charge in [-0.05, 0) is 48.9 Å². The largest absolute Gasteiger partial charge is 0.349 e. The summed E-state index contributed by atoms with van der Waals surface area (Å²) < 4.78 is 0. The van der Waals surface area contributed by atoms with E-state index < -0.39 is 0 Å². The van der Waals surface area contributed by atoms with Gasteiger partial charge in [0, 0.05) is 18.2 Å². The zero-order valence-corrected chi connectivity index (χ0v) is 12.2. The van der Waals surface area contributed by atoms with E-state index in [1.807, 2.05) is 12.1 Å². The summed E-state index contributed by atoms with van der Waals surface area (Å²) in [7, 11) is 0. The molecule has 1 aliphatic heterocycles. The van der Waals surface area contributed by atoms with Crippen LogP contribution in [0.1, 0.15) is 54.1 Å². The van der Waals surface area contributed by atoms with E-state index in [1.165, 1.54) is 30.4 Å². The molecule has 1 saturated carbocycles. The van der Waals surface area contributed by atoms with Crippen LogP contribution in [0.2, 0.25) is 0 Å². The fraction of sp³-hybridized carbons (Fsp3) is 0.588. The first-order valence-electron chi connectivity index (χ1n) is 7.88. The molecule has 0 saturated heterocycles. The summed E-state index contributed by atoms with van der Waals surface area (Å²) in [5.41, 5.74) is 3.41. The molecule has 20 heavy (non-hydrogen) atoms. The first-order chi connectivity index (χ1) is 9.75. The molecule has 2 N–H and O–H groups in total. The lowest BCUT2D eigenvalue weighted by Gasteiger charge is -2.30. The van der Waals surface area contributed by atoms with E-state index in [2.05, 4.69) is 23.6 Å². The van der Waals surface area contributed by atoms with Crippen LogP contribution in [-0.4, -0.2) is 18.5 Å². The van der Waals surface area contributed by atoms with Crippen LogP contribution in [0.4, 0.5) is 0 Å². The summed E-state index contributed by atoms with van der Waals surface area (Å²) in [6.45, 7) is 4.11. The third-order valence-corrected chi connectivity index (χ3v) is 4.81. The van der Waals surface area contributed by atoms with Crippen molar-refractivity contribution < 1.29 is 4.79 Å². The lowest BCUT2D eigenvalue weighted by atomic mass is 9.85. The number of hydrogen-bond donors (Lipinski definition) is 2. The van der Waals surface area contributed by atoms with Crippen LogP contribution in [0, 0.1) is 5.92 Å². The predicted octanol–water partition coefficient (Wildman–Crippen LogP) is 2.64. The van der Waals surface area contributed by atoms with E-state index in [9.17, 15) is 4.79 Å². The van der Waals surface area contributed by atoms with Gasteiger partial charge in [0.25, 0.3) is 5.91 Å². The smallest absolute Gasteiger partial charge is 0.251 e. The molecule has 1 aromatic rings. The van der Waals surface area contributed by atoms with Crippen molar-refractivity contribution in [1.82, 2.24) is 10.6 Å². The minimum atomic E-state index is 0.127. The lowest BCUT2D eigenvalue weighted by molar-refractivity contribution is 0.0909. The van der Waals surface area contributed by atoms with E-state index >= 15 is 0 Å². The van der Waals surface area contributed by atoms with Gasteiger partial charge in [0.1, 0.15) is 0 Å². The Balaban J connectivity index is 1.77. The van der Waals surface area contributed by atoms with Gasteiger partial charge in [-0.2, -0.15) is 0 Å². The van der Waals surface area contributed by atoms with Crippen LogP contribution in [0.5, 0.6) is 0 Å².